The van der Waals surface area contributed by atoms with Crippen LogP contribution in [-0.4, -0.2) is 7.11 Å². The van der Waals surface area contributed by atoms with Crippen molar-refractivity contribution in [1.29, 1.82) is 0 Å². The van der Waals surface area contributed by atoms with Gasteiger partial charge in [0.25, 0.3) is 0 Å². The van der Waals surface area contributed by atoms with E-state index in [0.717, 1.165) is 0 Å². The standard InChI is InChI=1S/C13H11F2NO/c1-17-9-3-5-11(13(15)7-9)10-4-2-8(16)6-12(10)14/h2-7H,16H2,1H3. The minimum atomic E-state index is -0.547. The number of ether oxygens (including phenoxy) is 1. The van der Waals surface area contributed by atoms with Gasteiger partial charge in [0.1, 0.15) is 17.4 Å². The zero-order chi connectivity index (χ0) is 12.4. The monoisotopic (exact) mass is 235 g/mol. The van der Waals surface area contributed by atoms with Crippen LogP contribution in [0.2, 0.25) is 0 Å². The van der Waals surface area contributed by atoms with Crippen LogP contribution in [0.3, 0.4) is 0 Å². The fourth-order valence-electron chi connectivity index (χ4n) is 1.59. The second-order valence-electron chi connectivity index (χ2n) is 3.59. The van der Waals surface area contributed by atoms with Crippen molar-refractivity contribution >= 4 is 5.69 Å². The Kier molecular flexibility index (Phi) is 2.95. The van der Waals surface area contributed by atoms with Gasteiger partial charge in [0.05, 0.1) is 7.11 Å². The van der Waals surface area contributed by atoms with Gasteiger partial charge in [0.2, 0.25) is 0 Å². The molecule has 0 heterocycles. The second kappa shape index (κ2) is 4.41. The Labute approximate surface area is 97.6 Å². The molecule has 17 heavy (non-hydrogen) atoms. The first-order chi connectivity index (χ1) is 8.11. The van der Waals surface area contributed by atoms with Crippen LogP contribution in [0.1, 0.15) is 0 Å². The van der Waals surface area contributed by atoms with E-state index in [2.05, 4.69) is 0 Å². The minimum Gasteiger partial charge on any atom is -0.497 e. The van der Waals surface area contributed by atoms with Crippen molar-refractivity contribution in [3.63, 3.8) is 0 Å². The van der Waals surface area contributed by atoms with Crippen molar-refractivity contribution in [2.45, 2.75) is 0 Å². The molecule has 0 atom stereocenters. The van der Waals surface area contributed by atoms with Gasteiger partial charge in [0, 0.05) is 22.9 Å². The molecule has 0 bridgehead atoms. The smallest absolute Gasteiger partial charge is 0.134 e. The van der Waals surface area contributed by atoms with Crippen molar-refractivity contribution in [2.75, 3.05) is 12.8 Å². The number of anilines is 1. The summed E-state index contributed by atoms with van der Waals surface area (Å²) < 4.78 is 32.2. The molecular formula is C13H11F2NO. The molecule has 2 aromatic carbocycles. The molecular weight excluding hydrogens is 224 g/mol. The molecule has 88 valence electrons. The van der Waals surface area contributed by atoms with E-state index in [9.17, 15) is 8.78 Å². The first-order valence-electron chi connectivity index (χ1n) is 5.01. The maximum absolute atomic E-state index is 13.7. The molecule has 0 amide bonds. The normalized spacial score (nSPS) is 10.3. The predicted molar refractivity (Wildman–Crippen MR) is 62.8 cm³/mol. The fourth-order valence-corrected chi connectivity index (χ4v) is 1.59. The summed E-state index contributed by atoms with van der Waals surface area (Å²) in [5.41, 5.74) is 6.10. The van der Waals surface area contributed by atoms with Crippen LogP contribution >= 0.6 is 0 Å². The van der Waals surface area contributed by atoms with E-state index in [-0.39, 0.29) is 11.1 Å². The summed E-state index contributed by atoms with van der Waals surface area (Å²) in [5.74, 6) is -0.691. The molecule has 0 saturated carbocycles. The lowest BCUT2D eigenvalue weighted by Gasteiger charge is -2.07. The SMILES string of the molecule is COc1ccc(-c2ccc(N)cc2F)c(F)c1. The van der Waals surface area contributed by atoms with Crippen LogP contribution < -0.4 is 10.5 Å². The molecule has 0 fully saturated rings. The molecule has 0 unspecified atom stereocenters. The number of methoxy groups -OCH3 is 1. The molecule has 2 nitrogen and oxygen atoms in total. The number of nitrogens with two attached hydrogens (primary N) is 1. The number of halogens is 2. The van der Waals surface area contributed by atoms with E-state index in [1.54, 1.807) is 6.07 Å². The molecule has 0 aliphatic heterocycles. The summed E-state index contributed by atoms with van der Waals surface area (Å²) in [6.07, 6.45) is 0. The van der Waals surface area contributed by atoms with Crippen LogP contribution in [0.25, 0.3) is 11.1 Å². The van der Waals surface area contributed by atoms with E-state index in [1.807, 2.05) is 0 Å². The van der Waals surface area contributed by atoms with E-state index in [1.165, 1.54) is 37.4 Å². The van der Waals surface area contributed by atoms with Gasteiger partial charge in [-0.25, -0.2) is 8.78 Å². The second-order valence-corrected chi connectivity index (χ2v) is 3.59. The lowest BCUT2D eigenvalue weighted by molar-refractivity contribution is 0.411. The van der Waals surface area contributed by atoms with Gasteiger partial charge in [-0.05, 0) is 30.3 Å². The zero-order valence-corrected chi connectivity index (χ0v) is 9.21. The third kappa shape index (κ3) is 2.20. The van der Waals surface area contributed by atoms with Gasteiger partial charge in [-0.2, -0.15) is 0 Å². The molecule has 0 spiro atoms. The number of nitrogen functional groups attached to an aromatic ring is 1. The van der Waals surface area contributed by atoms with Crippen molar-refractivity contribution in [3.05, 3.63) is 48.0 Å². The molecule has 0 aromatic heterocycles. The topological polar surface area (TPSA) is 35.2 Å². The van der Waals surface area contributed by atoms with Gasteiger partial charge in [-0.15, -0.1) is 0 Å². The first-order valence-corrected chi connectivity index (χ1v) is 5.01. The summed E-state index contributed by atoms with van der Waals surface area (Å²) in [7, 11) is 1.44. The molecule has 0 radical (unpaired) electrons. The Hall–Kier alpha value is -2.10. The van der Waals surface area contributed by atoms with Crippen LogP contribution in [0.5, 0.6) is 5.75 Å². The lowest BCUT2D eigenvalue weighted by atomic mass is 10.0. The average Bonchev–Trinajstić information content (AvgIpc) is 2.30. The molecule has 2 aromatic rings. The van der Waals surface area contributed by atoms with Crippen molar-refractivity contribution in [3.8, 4) is 16.9 Å². The van der Waals surface area contributed by atoms with E-state index < -0.39 is 11.6 Å². The Morgan fingerprint density at radius 3 is 2.06 bits per heavy atom. The molecule has 0 aliphatic carbocycles. The number of rotatable bonds is 2. The lowest BCUT2D eigenvalue weighted by Crippen LogP contribution is -1.92. The van der Waals surface area contributed by atoms with Gasteiger partial charge < -0.3 is 10.5 Å². The van der Waals surface area contributed by atoms with Gasteiger partial charge in [-0.1, -0.05) is 0 Å². The Morgan fingerprint density at radius 2 is 1.53 bits per heavy atom. The Bertz CT molecular complexity index is 555. The molecule has 0 aliphatic rings. The van der Waals surface area contributed by atoms with Crippen LogP contribution in [-0.2, 0) is 0 Å². The molecule has 2 rings (SSSR count). The summed E-state index contributed by atoms with van der Waals surface area (Å²) in [6.45, 7) is 0. The van der Waals surface area contributed by atoms with Crippen molar-refractivity contribution < 1.29 is 13.5 Å². The average molecular weight is 235 g/mol. The van der Waals surface area contributed by atoms with Gasteiger partial charge in [0.15, 0.2) is 0 Å². The molecule has 2 N–H and O–H groups in total. The third-order valence-corrected chi connectivity index (χ3v) is 2.46. The maximum atomic E-state index is 13.7. The van der Waals surface area contributed by atoms with Crippen LogP contribution in [0.15, 0.2) is 36.4 Å². The Morgan fingerprint density at radius 1 is 0.941 bits per heavy atom. The fraction of sp³-hybridized carbons (Fsp3) is 0.0769. The van der Waals surface area contributed by atoms with Gasteiger partial charge in [-0.3, -0.25) is 0 Å². The van der Waals surface area contributed by atoms with Crippen molar-refractivity contribution in [1.82, 2.24) is 0 Å². The van der Waals surface area contributed by atoms with Crippen molar-refractivity contribution in [2.24, 2.45) is 0 Å². The maximum Gasteiger partial charge on any atom is 0.134 e. The summed E-state index contributed by atoms with van der Waals surface area (Å²) in [4.78, 5) is 0. The highest BCUT2D eigenvalue weighted by atomic mass is 19.1. The first kappa shape index (κ1) is 11.4. The predicted octanol–water partition coefficient (Wildman–Crippen LogP) is 3.22. The summed E-state index contributed by atoms with van der Waals surface area (Å²) in [5, 5.41) is 0. The third-order valence-electron chi connectivity index (χ3n) is 2.46. The molecule has 0 saturated heterocycles. The van der Waals surface area contributed by atoms with Crippen LogP contribution in [0, 0.1) is 11.6 Å². The van der Waals surface area contributed by atoms with E-state index in [4.69, 9.17) is 10.5 Å². The zero-order valence-electron chi connectivity index (χ0n) is 9.21. The van der Waals surface area contributed by atoms with Crippen LogP contribution in [0.4, 0.5) is 14.5 Å². The van der Waals surface area contributed by atoms with E-state index in [0.29, 0.717) is 11.4 Å². The largest absolute Gasteiger partial charge is 0.497 e. The number of benzene rings is 2. The minimum absolute atomic E-state index is 0.180. The number of hydrogen-bond donors (Lipinski definition) is 1. The summed E-state index contributed by atoms with van der Waals surface area (Å²) in [6, 6.07) is 8.42. The highest BCUT2D eigenvalue weighted by molar-refractivity contribution is 5.67. The number of hydrogen-bond acceptors (Lipinski definition) is 2. The van der Waals surface area contributed by atoms with E-state index >= 15 is 0 Å². The Balaban J connectivity index is 2.53. The van der Waals surface area contributed by atoms with Gasteiger partial charge >= 0.3 is 0 Å². The highest BCUT2D eigenvalue weighted by Gasteiger charge is 2.11. The summed E-state index contributed by atoms with van der Waals surface area (Å²) >= 11 is 0. The molecule has 4 heteroatoms. The highest BCUT2D eigenvalue weighted by Crippen LogP contribution is 2.29. The quantitative estimate of drug-likeness (QED) is 0.811.